The maximum absolute atomic E-state index is 14.3. The average molecular weight is 336 g/mol. The molecule has 2 N–H and O–H groups in total. The van der Waals surface area contributed by atoms with E-state index in [-0.39, 0.29) is 17.8 Å². The van der Waals surface area contributed by atoms with Crippen molar-refractivity contribution >= 4 is 21.8 Å². The highest BCUT2D eigenvalue weighted by molar-refractivity contribution is 8.00. The maximum Gasteiger partial charge on any atom is 0.246 e. The average Bonchev–Trinajstić information content (AvgIpc) is 2.41. The quantitative estimate of drug-likeness (QED) is 0.916. The molecule has 21 heavy (non-hydrogen) atoms. The van der Waals surface area contributed by atoms with E-state index in [1.165, 1.54) is 4.31 Å². The maximum atomic E-state index is 14.3. The highest BCUT2D eigenvalue weighted by Gasteiger charge is 2.37. The van der Waals surface area contributed by atoms with Crippen LogP contribution in [0, 0.1) is 11.6 Å². The summed E-state index contributed by atoms with van der Waals surface area (Å²) < 4.78 is 54.3. The third-order valence-corrected chi connectivity index (χ3v) is 7.11. The molecule has 1 heterocycles. The Balaban J connectivity index is 2.49. The van der Waals surface area contributed by atoms with Crippen LogP contribution in [0.15, 0.2) is 17.0 Å². The van der Waals surface area contributed by atoms with Gasteiger partial charge in [0.25, 0.3) is 0 Å². The molecule has 118 valence electrons. The summed E-state index contributed by atoms with van der Waals surface area (Å²) >= 11 is 1.68. The van der Waals surface area contributed by atoms with E-state index in [0.717, 1.165) is 12.1 Å². The topological polar surface area (TPSA) is 63.4 Å². The molecule has 1 aromatic carbocycles. The van der Waals surface area contributed by atoms with Crippen LogP contribution in [-0.2, 0) is 16.6 Å². The minimum atomic E-state index is -4.00. The van der Waals surface area contributed by atoms with E-state index in [2.05, 4.69) is 0 Å². The lowest BCUT2D eigenvalue weighted by Crippen LogP contribution is -2.48. The number of benzene rings is 1. The summed E-state index contributed by atoms with van der Waals surface area (Å²) in [5.41, 5.74) is 4.90. The lowest BCUT2D eigenvalue weighted by molar-refractivity contribution is 0.338. The van der Waals surface area contributed by atoms with Gasteiger partial charge in [0.15, 0.2) is 5.82 Å². The predicted molar refractivity (Wildman–Crippen MR) is 79.5 cm³/mol. The van der Waals surface area contributed by atoms with Crippen molar-refractivity contribution in [3.63, 3.8) is 0 Å². The lowest BCUT2D eigenvalue weighted by atomic mass is 10.2. The largest absolute Gasteiger partial charge is 0.326 e. The molecule has 0 bridgehead atoms. The van der Waals surface area contributed by atoms with E-state index in [9.17, 15) is 17.2 Å². The van der Waals surface area contributed by atoms with Crippen molar-refractivity contribution in [1.82, 2.24) is 4.31 Å². The number of nitrogens with two attached hydrogens (primary N) is 1. The number of nitrogens with zero attached hydrogens (tertiary/aromatic N) is 1. The second-order valence-corrected chi connectivity index (χ2v) is 8.32. The van der Waals surface area contributed by atoms with Gasteiger partial charge in [0.2, 0.25) is 10.0 Å². The molecule has 1 aromatic rings. The summed E-state index contributed by atoms with van der Waals surface area (Å²) in [4.78, 5) is -0.504. The van der Waals surface area contributed by atoms with Crippen molar-refractivity contribution in [3.8, 4) is 0 Å². The molecule has 0 radical (unpaired) electrons. The van der Waals surface area contributed by atoms with Crippen LogP contribution < -0.4 is 5.73 Å². The Morgan fingerprint density at radius 1 is 1.38 bits per heavy atom. The normalized spacial score (nSPS) is 24.2. The Morgan fingerprint density at radius 3 is 2.67 bits per heavy atom. The first-order valence-corrected chi connectivity index (χ1v) is 9.10. The van der Waals surface area contributed by atoms with Crippen LogP contribution in [0.3, 0.4) is 0 Å². The first kappa shape index (κ1) is 16.7. The van der Waals surface area contributed by atoms with Crippen molar-refractivity contribution in [3.05, 3.63) is 29.3 Å². The minimum absolute atomic E-state index is 0.117. The summed E-state index contributed by atoms with van der Waals surface area (Å²) in [7, 11) is -4.00. The fourth-order valence-corrected chi connectivity index (χ4v) is 5.42. The second kappa shape index (κ2) is 6.20. The molecule has 1 aliphatic rings. The van der Waals surface area contributed by atoms with Gasteiger partial charge in [0.05, 0.1) is 0 Å². The van der Waals surface area contributed by atoms with Gasteiger partial charge in [0, 0.05) is 35.7 Å². The zero-order valence-corrected chi connectivity index (χ0v) is 13.5. The number of halogens is 2. The van der Waals surface area contributed by atoms with Gasteiger partial charge >= 0.3 is 0 Å². The SMILES string of the molecule is CC1SCCN(S(=O)(=O)c2ccc(F)c(CN)c2F)C1C. The molecule has 1 fully saturated rings. The summed E-state index contributed by atoms with van der Waals surface area (Å²) in [5, 5.41) is 0.117. The molecule has 2 rings (SSSR count). The first-order chi connectivity index (χ1) is 9.80. The Morgan fingerprint density at radius 2 is 2.05 bits per heavy atom. The van der Waals surface area contributed by atoms with Crippen LogP contribution >= 0.6 is 11.8 Å². The highest BCUT2D eigenvalue weighted by Crippen LogP contribution is 2.31. The molecule has 0 amide bonds. The molecule has 2 atom stereocenters. The molecule has 0 aliphatic carbocycles. The Kier molecular flexibility index (Phi) is 4.92. The second-order valence-electron chi connectivity index (χ2n) is 4.97. The van der Waals surface area contributed by atoms with Crippen molar-refractivity contribution < 1.29 is 17.2 Å². The molecule has 2 unspecified atom stereocenters. The summed E-state index contributed by atoms with van der Waals surface area (Å²) in [6, 6.07) is 1.67. The van der Waals surface area contributed by atoms with E-state index < -0.39 is 32.1 Å². The number of rotatable bonds is 3. The zero-order valence-electron chi connectivity index (χ0n) is 11.8. The van der Waals surface area contributed by atoms with Crippen molar-refractivity contribution in [1.29, 1.82) is 0 Å². The summed E-state index contributed by atoms with van der Waals surface area (Å²) in [5.74, 6) is -1.27. The van der Waals surface area contributed by atoms with E-state index in [4.69, 9.17) is 5.73 Å². The van der Waals surface area contributed by atoms with Gasteiger partial charge in [-0.15, -0.1) is 0 Å². The number of hydrogen-bond acceptors (Lipinski definition) is 4. The Bertz CT molecular complexity index is 637. The van der Waals surface area contributed by atoms with Crippen LogP contribution in [0.1, 0.15) is 19.4 Å². The lowest BCUT2D eigenvalue weighted by Gasteiger charge is -2.36. The molecule has 4 nitrogen and oxygen atoms in total. The fourth-order valence-electron chi connectivity index (χ4n) is 2.33. The smallest absolute Gasteiger partial charge is 0.246 e. The molecule has 0 aromatic heterocycles. The van der Waals surface area contributed by atoms with Gasteiger partial charge in [-0.25, -0.2) is 17.2 Å². The van der Waals surface area contributed by atoms with Crippen molar-refractivity contribution in [2.75, 3.05) is 12.3 Å². The number of sulfonamides is 1. The minimum Gasteiger partial charge on any atom is -0.326 e. The van der Waals surface area contributed by atoms with Gasteiger partial charge < -0.3 is 5.73 Å². The first-order valence-electron chi connectivity index (χ1n) is 6.61. The van der Waals surface area contributed by atoms with Crippen LogP contribution in [0.25, 0.3) is 0 Å². The van der Waals surface area contributed by atoms with Gasteiger partial charge in [-0.2, -0.15) is 16.1 Å². The van der Waals surface area contributed by atoms with Crippen LogP contribution in [-0.4, -0.2) is 36.3 Å². The Labute approximate surface area is 127 Å². The van der Waals surface area contributed by atoms with Gasteiger partial charge in [-0.1, -0.05) is 6.92 Å². The van der Waals surface area contributed by atoms with Crippen LogP contribution in [0.5, 0.6) is 0 Å². The summed E-state index contributed by atoms with van der Waals surface area (Å²) in [6.45, 7) is 3.65. The van der Waals surface area contributed by atoms with E-state index in [1.54, 1.807) is 18.7 Å². The third-order valence-electron chi connectivity index (χ3n) is 3.77. The van der Waals surface area contributed by atoms with E-state index >= 15 is 0 Å². The molecule has 0 saturated carbocycles. The molecule has 1 saturated heterocycles. The summed E-state index contributed by atoms with van der Waals surface area (Å²) in [6.07, 6.45) is 0. The fraction of sp³-hybridized carbons (Fsp3) is 0.538. The number of hydrogen-bond donors (Lipinski definition) is 1. The highest BCUT2D eigenvalue weighted by atomic mass is 32.2. The third kappa shape index (κ3) is 2.94. The van der Waals surface area contributed by atoms with Crippen LogP contribution in [0.2, 0.25) is 0 Å². The van der Waals surface area contributed by atoms with Gasteiger partial charge in [-0.05, 0) is 19.1 Å². The monoisotopic (exact) mass is 336 g/mol. The molecule has 8 heteroatoms. The predicted octanol–water partition coefficient (Wildman–Crippen LogP) is 1.94. The van der Waals surface area contributed by atoms with E-state index in [1.807, 2.05) is 6.92 Å². The molecular weight excluding hydrogens is 318 g/mol. The number of thioether (sulfide) groups is 1. The molecule has 1 aliphatic heterocycles. The molecule has 0 spiro atoms. The standard InChI is InChI=1S/C13H18F2N2O2S2/c1-8-9(2)20-6-5-17(8)21(18,19)12-4-3-11(14)10(7-16)13(12)15/h3-4,8-9H,5-7,16H2,1-2H3. The van der Waals surface area contributed by atoms with Crippen molar-refractivity contribution in [2.45, 2.75) is 36.6 Å². The van der Waals surface area contributed by atoms with Gasteiger partial charge in [-0.3, -0.25) is 0 Å². The van der Waals surface area contributed by atoms with Crippen LogP contribution in [0.4, 0.5) is 8.78 Å². The van der Waals surface area contributed by atoms with Gasteiger partial charge in [0.1, 0.15) is 10.7 Å². The van der Waals surface area contributed by atoms with Crippen molar-refractivity contribution in [2.24, 2.45) is 5.73 Å². The zero-order chi connectivity index (χ0) is 15.8. The molecular formula is C13H18F2N2O2S2. The van der Waals surface area contributed by atoms with E-state index in [0.29, 0.717) is 12.3 Å². The Hall–Kier alpha value is -0.700.